The number of carbonyl (C=O) groups excluding carboxylic acids is 2. The summed E-state index contributed by atoms with van der Waals surface area (Å²) >= 11 is 0. The van der Waals surface area contributed by atoms with Crippen LogP contribution in [0, 0.1) is 0 Å². The predicted octanol–water partition coefficient (Wildman–Crippen LogP) is 1.57. The molecular weight excluding hydrogens is 366 g/mol. The smallest absolute Gasteiger partial charge is 0.306 e. The van der Waals surface area contributed by atoms with Gasteiger partial charge >= 0.3 is 5.97 Å². The number of ether oxygens (including phenoxy) is 2. The fraction of sp³-hybridized carbons (Fsp3) is 0.278. The van der Waals surface area contributed by atoms with Crippen molar-refractivity contribution in [1.29, 1.82) is 0 Å². The number of phenolic OH excluding ortho intramolecular Hbond substituents is 1. The van der Waals surface area contributed by atoms with Crippen LogP contribution in [0.5, 0.6) is 11.5 Å². The number of aryl methyl sites for hydroxylation is 1. The van der Waals surface area contributed by atoms with Crippen LogP contribution in [0.25, 0.3) is 11.2 Å². The van der Waals surface area contributed by atoms with Gasteiger partial charge in [0.1, 0.15) is 11.8 Å². The second-order valence-electron chi connectivity index (χ2n) is 5.95. The number of nitrogens with one attached hydrogen (secondary N) is 2. The zero-order valence-corrected chi connectivity index (χ0v) is 15.3. The fourth-order valence-corrected chi connectivity index (χ4v) is 2.53. The number of H-pyrrole nitrogens is 1. The number of carbonyl (C=O) groups is 2. The van der Waals surface area contributed by atoms with E-state index in [1.165, 1.54) is 32.8 Å². The number of fused-ring (bicyclic) bond motifs is 1. The Labute approximate surface area is 159 Å². The number of amides is 1. The van der Waals surface area contributed by atoms with Crippen LogP contribution < -0.4 is 10.1 Å². The standard InChI is InChI=1S/C18H19N5O5/c1-10(18(26)23-17-15-16(20-8-19-15)21-9-22-17)28-14(25)6-4-11-3-5-13(27-2)12(24)7-11/h3,5,7-10,24H,4,6H2,1-2H3,(H2,19,20,21,22,23,26). The Balaban J connectivity index is 1.53. The van der Waals surface area contributed by atoms with Crippen molar-refractivity contribution in [3.8, 4) is 11.5 Å². The molecule has 28 heavy (non-hydrogen) atoms. The fourth-order valence-electron chi connectivity index (χ4n) is 2.53. The molecule has 0 spiro atoms. The molecule has 146 valence electrons. The largest absolute Gasteiger partial charge is 0.504 e. The van der Waals surface area contributed by atoms with Crippen molar-refractivity contribution >= 4 is 28.9 Å². The van der Waals surface area contributed by atoms with Crippen LogP contribution in [-0.2, 0) is 20.7 Å². The molecule has 1 amide bonds. The summed E-state index contributed by atoms with van der Waals surface area (Å²) in [7, 11) is 1.46. The molecule has 0 aliphatic carbocycles. The van der Waals surface area contributed by atoms with Gasteiger partial charge < -0.3 is 24.9 Å². The number of imidazole rings is 1. The van der Waals surface area contributed by atoms with Crippen molar-refractivity contribution < 1.29 is 24.2 Å². The van der Waals surface area contributed by atoms with Crippen LogP contribution in [0.4, 0.5) is 5.82 Å². The van der Waals surface area contributed by atoms with Crippen molar-refractivity contribution in [2.24, 2.45) is 0 Å². The number of aromatic amines is 1. The lowest BCUT2D eigenvalue weighted by Crippen LogP contribution is -2.30. The number of anilines is 1. The number of phenols is 1. The molecule has 3 rings (SSSR count). The molecule has 1 atom stereocenters. The van der Waals surface area contributed by atoms with Crippen molar-refractivity contribution in [3.05, 3.63) is 36.4 Å². The lowest BCUT2D eigenvalue weighted by atomic mass is 10.1. The Morgan fingerprint density at radius 2 is 2.11 bits per heavy atom. The third-order valence-electron chi connectivity index (χ3n) is 4.00. The topological polar surface area (TPSA) is 139 Å². The molecular formula is C18H19N5O5. The van der Waals surface area contributed by atoms with Crippen LogP contribution in [0.1, 0.15) is 18.9 Å². The molecule has 0 radical (unpaired) electrons. The quantitative estimate of drug-likeness (QED) is 0.521. The number of aromatic hydroxyl groups is 1. The van der Waals surface area contributed by atoms with E-state index < -0.39 is 18.0 Å². The highest BCUT2D eigenvalue weighted by Crippen LogP contribution is 2.26. The summed E-state index contributed by atoms with van der Waals surface area (Å²) in [5.74, 6) is -0.453. The van der Waals surface area contributed by atoms with E-state index in [4.69, 9.17) is 9.47 Å². The van der Waals surface area contributed by atoms with Gasteiger partial charge in [-0.25, -0.2) is 15.0 Å². The zero-order valence-electron chi connectivity index (χ0n) is 15.3. The number of hydrogen-bond donors (Lipinski definition) is 3. The van der Waals surface area contributed by atoms with Crippen LogP contribution in [0.3, 0.4) is 0 Å². The molecule has 2 aromatic heterocycles. The molecule has 10 heteroatoms. The molecule has 0 saturated carbocycles. The summed E-state index contributed by atoms with van der Waals surface area (Å²) in [6.07, 6.45) is 2.12. The summed E-state index contributed by atoms with van der Waals surface area (Å²) in [6, 6.07) is 4.88. The van der Waals surface area contributed by atoms with Gasteiger partial charge in [-0.15, -0.1) is 0 Å². The first-order valence-corrected chi connectivity index (χ1v) is 8.48. The lowest BCUT2D eigenvalue weighted by molar-refractivity contribution is -0.153. The van der Waals surface area contributed by atoms with Crippen molar-refractivity contribution in [2.75, 3.05) is 12.4 Å². The molecule has 0 saturated heterocycles. The monoisotopic (exact) mass is 385 g/mol. The summed E-state index contributed by atoms with van der Waals surface area (Å²) in [6.45, 7) is 1.47. The minimum absolute atomic E-state index is 0.00362. The van der Waals surface area contributed by atoms with Crippen molar-refractivity contribution in [3.63, 3.8) is 0 Å². The molecule has 0 aliphatic heterocycles. The highest BCUT2D eigenvalue weighted by atomic mass is 16.5. The second-order valence-corrected chi connectivity index (χ2v) is 5.95. The Morgan fingerprint density at radius 3 is 2.86 bits per heavy atom. The summed E-state index contributed by atoms with van der Waals surface area (Å²) in [5, 5.41) is 12.3. The van der Waals surface area contributed by atoms with E-state index in [1.807, 2.05) is 0 Å². The van der Waals surface area contributed by atoms with Gasteiger partial charge in [0.05, 0.1) is 13.4 Å². The molecule has 0 fully saturated rings. The maximum atomic E-state index is 12.3. The molecule has 2 heterocycles. The molecule has 1 aromatic carbocycles. The maximum Gasteiger partial charge on any atom is 0.306 e. The average molecular weight is 385 g/mol. The molecule has 0 bridgehead atoms. The van der Waals surface area contributed by atoms with Gasteiger partial charge in [-0.2, -0.15) is 0 Å². The van der Waals surface area contributed by atoms with Crippen molar-refractivity contribution in [2.45, 2.75) is 25.9 Å². The summed E-state index contributed by atoms with van der Waals surface area (Å²) < 4.78 is 10.1. The third kappa shape index (κ3) is 4.34. The SMILES string of the molecule is COc1ccc(CCC(=O)OC(C)C(=O)Nc2ncnc3nc[nH]c23)cc1O. The van der Waals surface area contributed by atoms with E-state index >= 15 is 0 Å². The minimum atomic E-state index is -1.01. The molecule has 3 aromatic rings. The molecule has 1 unspecified atom stereocenters. The lowest BCUT2D eigenvalue weighted by Gasteiger charge is -2.13. The number of methoxy groups -OCH3 is 1. The first-order valence-electron chi connectivity index (χ1n) is 8.48. The van der Waals surface area contributed by atoms with E-state index in [1.54, 1.807) is 12.1 Å². The van der Waals surface area contributed by atoms with E-state index in [0.29, 0.717) is 23.3 Å². The average Bonchev–Trinajstić information content (AvgIpc) is 3.16. The molecule has 0 aliphatic rings. The van der Waals surface area contributed by atoms with E-state index in [0.717, 1.165) is 5.56 Å². The van der Waals surface area contributed by atoms with Gasteiger partial charge in [0.15, 0.2) is 29.1 Å². The number of rotatable bonds is 7. The number of aromatic nitrogens is 4. The zero-order chi connectivity index (χ0) is 20.1. The number of hydrogen-bond acceptors (Lipinski definition) is 8. The van der Waals surface area contributed by atoms with Gasteiger partial charge in [-0.1, -0.05) is 6.07 Å². The third-order valence-corrected chi connectivity index (χ3v) is 4.00. The second kappa shape index (κ2) is 8.33. The number of esters is 1. The Kier molecular flexibility index (Phi) is 5.68. The summed E-state index contributed by atoms with van der Waals surface area (Å²) in [5.41, 5.74) is 1.64. The normalized spacial score (nSPS) is 11.8. The Morgan fingerprint density at radius 1 is 1.29 bits per heavy atom. The minimum Gasteiger partial charge on any atom is -0.504 e. The van der Waals surface area contributed by atoms with E-state index in [-0.39, 0.29) is 18.0 Å². The van der Waals surface area contributed by atoms with Crippen LogP contribution in [0.2, 0.25) is 0 Å². The number of benzene rings is 1. The Hall–Kier alpha value is -3.69. The predicted molar refractivity (Wildman–Crippen MR) is 98.8 cm³/mol. The maximum absolute atomic E-state index is 12.3. The highest BCUT2D eigenvalue weighted by Gasteiger charge is 2.20. The van der Waals surface area contributed by atoms with Gasteiger partial charge in [0.2, 0.25) is 0 Å². The number of nitrogens with zero attached hydrogens (tertiary/aromatic N) is 3. The summed E-state index contributed by atoms with van der Waals surface area (Å²) in [4.78, 5) is 39.1. The first-order chi connectivity index (χ1) is 13.5. The Bertz CT molecular complexity index is 1000. The highest BCUT2D eigenvalue weighted by molar-refractivity contribution is 5.99. The van der Waals surface area contributed by atoms with Crippen LogP contribution in [0.15, 0.2) is 30.9 Å². The van der Waals surface area contributed by atoms with E-state index in [9.17, 15) is 14.7 Å². The van der Waals surface area contributed by atoms with Crippen LogP contribution >= 0.6 is 0 Å². The molecule has 10 nitrogen and oxygen atoms in total. The van der Waals surface area contributed by atoms with Gasteiger partial charge in [-0.3, -0.25) is 9.59 Å². The van der Waals surface area contributed by atoms with Gasteiger partial charge in [-0.05, 0) is 31.0 Å². The van der Waals surface area contributed by atoms with Gasteiger partial charge in [0.25, 0.3) is 5.91 Å². The van der Waals surface area contributed by atoms with Crippen molar-refractivity contribution in [1.82, 2.24) is 19.9 Å². The van der Waals surface area contributed by atoms with Gasteiger partial charge in [0, 0.05) is 6.42 Å². The van der Waals surface area contributed by atoms with E-state index in [2.05, 4.69) is 25.3 Å². The first kappa shape index (κ1) is 19.1. The van der Waals surface area contributed by atoms with Crippen LogP contribution in [-0.4, -0.2) is 50.1 Å². The molecule has 3 N–H and O–H groups in total.